The lowest BCUT2D eigenvalue weighted by Gasteiger charge is -2.28. The summed E-state index contributed by atoms with van der Waals surface area (Å²) in [6.45, 7) is 2.02. The summed E-state index contributed by atoms with van der Waals surface area (Å²) in [4.78, 5) is 11.4. The molecule has 0 aliphatic carbocycles. The Bertz CT molecular complexity index is 738. The second-order valence-corrected chi connectivity index (χ2v) is 5.88. The van der Waals surface area contributed by atoms with Gasteiger partial charge in [-0.05, 0) is 44.6 Å². The number of hydrogen-bond acceptors (Lipinski definition) is 4. The summed E-state index contributed by atoms with van der Waals surface area (Å²) in [6.07, 6.45) is 7.70. The Morgan fingerprint density at radius 2 is 2.22 bits per heavy atom. The highest BCUT2D eigenvalue weighted by Gasteiger charge is 2.22. The number of nitrogens with one attached hydrogen (secondary N) is 1. The van der Waals surface area contributed by atoms with Gasteiger partial charge in [0.25, 0.3) is 0 Å². The molecule has 0 spiro atoms. The fourth-order valence-corrected chi connectivity index (χ4v) is 2.88. The molecule has 1 aromatic carbocycles. The SMILES string of the molecule is C#Cc1cc(Nc2cccc(F)c2)nc(C2CCCN(C)C2)n1. The standard InChI is InChI=1S/C18H19FN4/c1-3-15-11-17(20-16-8-4-7-14(19)10-16)22-18(21-15)13-6-5-9-23(2)12-13/h1,4,7-8,10-11,13H,5-6,9,12H2,2H3,(H,20,21,22). The highest BCUT2D eigenvalue weighted by Crippen LogP contribution is 2.25. The smallest absolute Gasteiger partial charge is 0.136 e. The number of benzene rings is 1. The maximum Gasteiger partial charge on any atom is 0.136 e. The van der Waals surface area contributed by atoms with Crippen molar-refractivity contribution in [2.45, 2.75) is 18.8 Å². The van der Waals surface area contributed by atoms with Gasteiger partial charge in [-0.1, -0.05) is 12.0 Å². The summed E-state index contributed by atoms with van der Waals surface area (Å²) < 4.78 is 13.3. The zero-order chi connectivity index (χ0) is 16.2. The van der Waals surface area contributed by atoms with Crippen molar-refractivity contribution in [2.24, 2.45) is 0 Å². The van der Waals surface area contributed by atoms with E-state index < -0.39 is 0 Å². The van der Waals surface area contributed by atoms with Gasteiger partial charge in [0.05, 0.1) is 0 Å². The number of rotatable bonds is 3. The van der Waals surface area contributed by atoms with Crippen molar-refractivity contribution in [1.82, 2.24) is 14.9 Å². The molecule has 1 N–H and O–H groups in total. The molecular weight excluding hydrogens is 291 g/mol. The van der Waals surface area contributed by atoms with E-state index in [2.05, 4.69) is 33.2 Å². The molecule has 0 bridgehead atoms. The predicted octanol–water partition coefficient (Wildman–Crippen LogP) is 3.15. The summed E-state index contributed by atoms with van der Waals surface area (Å²) in [6, 6.07) is 7.97. The summed E-state index contributed by atoms with van der Waals surface area (Å²) in [7, 11) is 2.10. The number of nitrogens with zero attached hydrogens (tertiary/aromatic N) is 3. The monoisotopic (exact) mass is 310 g/mol. The molecule has 4 nitrogen and oxygen atoms in total. The normalized spacial score (nSPS) is 18.4. The summed E-state index contributed by atoms with van der Waals surface area (Å²) in [5.41, 5.74) is 1.18. The molecule has 1 aromatic heterocycles. The minimum atomic E-state index is -0.296. The molecule has 1 aliphatic rings. The van der Waals surface area contributed by atoms with Gasteiger partial charge in [-0.25, -0.2) is 14.4 Å². The second kappa shape index (κ2) is 6.76. The molecular formula is C18H19FN4. The van der Waals surface area contributed by atoms with E-state index in [0.717, 1.165) is 31.8 Å². The lowest BCUT2D eigenvalue weighted by molar-refractivity contribution is 0.246. The molecule has 0 saturated carbocycles. The van der Waals surface area contributed by atoms with Gasteiger partial charge in [0, 0.05) is 24.2 Å². The van der Waals surface area contributed by atoms with Crippen LogP contribution in [0.5, 0.6) is 0 Å². The first kappa shape index (κ1) is 15.4. The fourth-order valence-electron chi connectivity index (χ4n) is 2.88. The predicted molar refractivity (Wildman–Crippen MR) is 89.1 cm³/mol. The van der Waals surface area contributed by atoms with E-state index in [0.29, 0.717) is 17.2 Å². The molecule has 118 valence electrons. The van der Waals surface area contributed by atoms with Crippen molar-refractivity contribution in [3.8, 4) is 12.3 Å². The Labute approximate surface area is 135 Å². The molecule has 1 unspecified atom stereocenters. The molecule has 5 heteroatoms. The number of piperidine rings is 1. The first-order valence-electron chi connectivity index (χ1n) is 7.71. The maximum atomic E-state index is 13.3. The first-order chi connectivity index (χ1) is 11.1. The van der Waals surface area contributed by atoms with Crippen LogP contribution in [-0.2, 0) is 0 Å². The van der Waals surface area contributed by atoms with Crippen LogP contribution in [0.15, 0.2) is 30.3 Å². The van der Waals surface area contributed by atoms with E-state index in [-0.39, 0.29) is 11.7 Å². The lowest BCUT2D eigenvalue weighted by atomic mass is 9.97. The molecule has 2 heterocycles. The van der Waals surface area contributed by atoms with Gasteiger partial charge in [0.15, 0.2) is 0 Å². The van der Waals surface area contributed by atoms with Crippen molar-refractivity contribution >= 4 is 11.5 Å². The molecule has 1 aliphatic heterocycles. The van der Waals surface area contributed by atoms with Gasteiger partial charge in [-0.3, -0.25) is 0 Å². The van der Waals surface area contributed by atoms with Crippen LogP contribution in [0, 0.1) is 18.2 Å². The fraction of sp³-hybridized carbons (Fsp3) is 0.333. The van der Waals surface area contributed by atoms with Crippen LogP contribution < -0.4 is 5.32 Å². The molecule has 1 saturated heterocycles. The van der Waals surface area contributed by atoms with Gasteiger partial charge in [0.1, 0.15) is 23.2 Å². The Morgan fingerprint density at radius 1 is 1.35 bits per heavy atom. The zero-order valence-electron chi connectivity index (χ0n) is 13.1. The van der Waals surface area contributed by atoms with E-state index in [4.69, 9.17) is 6.42 Å². The number of hydrogen-bond donors (Lipinski definition) is 1. The van der Waals surface area contributed by atoms with Crippen LogP contribution in [0.2, 0.25) is 0 Å². The summed E-state index contributed by atoms with van der Waals surface area (Å²) in [5.74, 6) is 3.91. The molecule has 3 rings (SSSR count). The number of terminal acetylenes is 1. The van der Waals surface area contributed by atoms with Gasteiger partial charge < -0.3 is 10.2 Å². The number of aromatic nitrogens is 2. The van der Waals surface area contributed by atoms with E-state index in [1.54, 1.807) is 18.2 Å². The maximum absolute atomic E-state index is 13.3. The average molecular weight is 310 g/mol. The van der Waals surface area contributed by atoms with E-state index in [1.165, 1.54) is 12.1 Å². The molecule has 1 atom stereocenters. The van der Waals surface area contributed by atoms with Gasteiger partial charge in [0.2, 0.25) is 0 Å². The Balaban J connectivity index is 1.88. The van der Waals surface area contributed by atoms with Crippen LogP contribution in [0.3, 0.4) is 0 Å². The quantitative estimate of drug-likeness (QED) is 0.884. The summed E-state index contributed by atoms with van der Waals surface area (Å²) in [5, 5.41) is 3.11. The number of likely N-dealkylation sites (tertiary alicyclic amines) is 1. The minimum absolute atomic E-state index is 0.273. The van der Waals surface area contributed by atoms with Crippen molar-refractivity contribution in [3.63, 3.8) is 0 Å². The van der Waals surface area contributed by atoms with Gasteiger partial charge in [-0.2, -0.15) is 0 Å². The first-order valence-corrected chi connectivity index (χ1v) is 7.71. The second-order valence-electron chi connectivity index (χ2n) is 5.88. The number of likely N-dealkylation sites (N-methyl/N-ethyl adjacent to an activating group) is 1. The van der Waals surface area contributed by atoms with Crippen LogP contribution >= 0.6 is 0 Å². The zero-order valence-corrected chi connectivity index (χ0v) is 13.1. The third kappa shape index (κ3) is 3.85. The molecule has 1 fully saturated rings. The van der Waals surface area contributed by atoms with E-state index >= 15 is 0 Å². The lowest BCUT2D eigenvalue weighted by Crippen LogP contribution is -2.31. The molecule has 23 heavy (non-hydrogen) atoms. The van der Waals surface area contributed by atoms with Crippen LogP contribution in [-0.4, -0.2) is 35.0 Å². The minimum Gasteiger partial charge on any atom is -0.340 e. The largest absolute Gasteiger partial charge is 0.340 e. The Hall–Kier alpha value is -2.45. The summed E-state index contributed by atoms with van der Waals surface area (Å²) >= 11 is 0. The highest BCUT2D eigenvalue weighted by atomic mass is 19.1. The number of anilines is 2. The highest BCUT2D eigenvalue weighted by molar-refractivity contribution is 5.57. The van der Waals surface area contributed by atoms with Gasteiger partial charge in [-0.15, -0.1) is 6.42 Å². The Kier molecular flexibility index (Phi) is 4.54. The van der Waals surface area contributed by atoms with Crippen LogP contribution in [0.4, 0.5) is 15.9 Å². The number of halogens is 1. The van der Waals surface area contributed by atoms with Crippen molar-refractivity contribution < 1.29 is 4.39 Å². The van der Waals surface area contributed by atoms with Crippen molar-refractivity contribution in [3.05, 3.63) is 47.7 Å². The third-order valence-electron chi connectivity index (χ3n) is 3.98. The topological polar surface area (TPSA) is 41.1 Å². The molecule has 0 amide bonds. The van der Waals surface area contributed by atoms with E-state index in [1.807, 2.05) is 0 Å². The molecule has 0 radical (unpaired) electrons. The van der Waals surface area contributed by atoms with Gasteiger partial charge >= 0.3 is 0 Å². The van der Waals surface area contributed by atoms with Crippen LogP contribution in [0.25, 0.3) is 0 Å². The Morgan fingerprint density at radius 3 is 2.96 bits per heavy atom. The van der Waals surface area contributed by atoms with Crippen LogP contribution in [0.1, 0.15) is 30.3 Å². The average Bonchev–Trinajstić information content (AvgIpc) is 2.54. The van der Waals surface area contributed by atoms with Crippen molar-refractivity contribution in [2.75, 3.05) is 25.5 Å². The van der Waals surface area contributed by atoms with E-state index in [9.17, 15) is 4.39 Å². The van der Waals surface area contributed by atoms with Crippen molar-refractivity contribution in [1.29, 1.82) is 0 Å². The molecule has 2 aromatic rings. The third-order valence-corrected chi connectivity index (χ3v) is 3.98.